The van der Waals surface area contributed by atoms with Gasteiger partial charge in [0.05, 0.1) is 11.8 Å². The molecular weight excluding hydrogens is 238 g/mol. The fraction of sp³-hybridized carbons (Fsp3) is 0.143. The smallest absolute Gasteiger partial charge is 0.129 e. The third kappa shape index (κ3) is 1.89. The van der Waals surface area contributed by atoms with Crippen molar-refractivity contribution in [1.29, 1.82) is 0 Å². The van der Waals surface area contributed by atoms with Gasteiger partial charge in [-0.25, -0.2) is 0 Å². The molecule has 0 saturated carbocycles. The van der Waals surface area contributed by atoms with Crippen LogP contribution in [0.1, 0.15) is 0 Å². The van der Waals surface area contributed by atoms with Gasteiger partial charge >= 0.3 is 0 Å². The molecule has 0 unspecified atom stereocenters. The molecular formula is C14H15N5. The Hall–Kier alpha value is -2.56. The molecule has 0 bridgehead atoms. The Labute approximate surface area is 111 Å². The summed E-state index contributed by atoms with van der Waals surface area (Å²) in [5.74, 6) is 0.657. The highest BCUT2D eigenvalue weighted by Gasteiger charge is 2.17. The van der Waals surface area contributed by atoms with Crippen LogP contribution in [0.3, 0.4) is 0 Å². The number of nitrogen functional groups attached to an aromatic ring is 1. The van der Waals surface area contributed by atoms with Crippen molar-refractivity contribution in [3.05, 3.63) is 42.7 Å². The van der Waals surface area contributed by atoms with Crippen LogP contribution in [0.4, 0.5) is 5.82 Å². The van der Waals surface area contributed by atoms with E-state index in [1.165, 1.54) is 0 Å². The van der Waals surface area contributed by atoms with Crippen molar-refractivity contribution in [2.75, 3.05) is 5.73 Å². The second kappa shape index (κ2) is 4.28. The first-order valence-corrected chi connectivity index (χ1v) is 6.03. The molecule has 96 valence electrons. The van der Waals surface area contributed by atoms with E-state index >= 15 is 0 Å². The lowest BCUT2D eigenvalue weighted by Gasteiger charge is -2.02. The van der Waals surface area contributed by atoms with Gasteiger partial charge in [0.2, 0.25) is 0 Å². The zero-order valence-electron chi connectivity index (χ0n) is 10.9. The predicted molar refractivity (Wildman–Crippen MR) is 75.3 cm³/mol. The molecule has 0 saturated heterocycles. The minimum atomic E-state index is 0.657. The number of aryl methyl sites for hydroxylation is 2. The summed E-state index contributed by atoms with van der Waals surface area (Å²) in [4.78, 5) is 0. The molecule has 0 spiro atoms. The maximum Gasteiger partial charge on any atom is 0.129 e. The molecule has 3 aromatic rings. The fourth-order valence-corrected chi connectivity index (χ4v) is 2.17. The Balaban J connectivity index is 2.24. The van der Waals surface area contributed by atoms with E-state index in [4.69, 9.17) is 5.73 Å². The van der Waals surface area contributed by atoms with Gasteiger partial charge in [-0.05, 0) is 5.56 Å². The predicted octanol–water partition coefficient (Wildman–Crippen LogP) is 2.07. The zero-order chi connectivity index (χ0) is 13.4. The van der Waals surface area contributed by atoms with Gasteiger partial charge in [-0.2, -0.15) is 10.2 Å². The Bertz CT molecular complexity index is 709. The van der Waals surface area contributed by atoms with Gasteiger partial charge < -0.3 is 5.73 Å². The van der Waals surface area contributed by atoms with Gasteiger partial charge in [0, 0.05) is 25.9 Å². The van der Waals surface area contributed by atoms with Crippen molar-refractivity contribution >= 4 is 5.82 Å². The van der Waals surface area contributed by atoms with Crippen LogP contribution in [0.15, 0.2) is 42.7 Å². The molecule has 0 aliphatic heterocycles. The normalized spacial score (nSPS) is 10.8. The number of nitrogens with zero attached hydrogens (tertiary/aromatic N) is 4. The quantitative estimate of drug-likeness (QED) is 0.760. The second-order valence-corrected chi connectivity index (χ2v) is 4.50. The molecule has 0 fully saturated rings. The monoisotopic (exact) mass is 253 g/mol. The molecule has 5 heteroatoms. The van der Waals surface area contributed by atoms with Crippen LogP contribution in [0.5, 0.6) is 0 Å². The lowest BCUT2D eigenvalue weighted by molar-refractivity contribution is 0.767. The van der Waals surface area contributed by atoms with Crippen LogP contribution in [-0.4, -0.2) is 19.6 Å². The highest BCUT2D eigenvalue weighted by molar-refractivity contribution is 5.87. The van der Waals surface area contributed by atoms with E-state index in [2.05, 4.69) is 10.2 Å². The van der Waals surface area contributed by atoms with Gasteiger partial charge in [-0.1, -0.05) is 30.3 Å². The van der Waals surface area contributed by atoms with Crippen LogP contribution < -0.4 is 5.73 Å². The highest BCUT2D eigenvalue weighted by atomic mass is 15.3. The summed E-state index contributed by atoms with van der Waals surface area (Å²) in [5, 5.41) is 8.70. The maximum atomic E-state index is 6.15. The number of rotatable bonds is 2. The number of hydrogen-bond donors (Lipinski definition) is 1. The standard InChI is InChI=1S/C14H15N5/c1-18-9-11(8-16-18)13-12(14(15)19(2)17-13)10-6-4-3-5-7-10/h3-9H,15H2,1-2H3. The third-order valence-corrected chi connectivity index (χ3v) is 3.13. The molecule has 2 N–H and O–H groups in total. The summed E-state index contributed by atoms with van der Waals surface area (Å²) in [6.45, 7) is 0. The number of hydrogen-bond acceptors (Lipinski definition) is 3. The third-order valence-electron chi connectivity index (χ3n) is 3.13. The lowest BCUT2D eigenvalue weighted by atomic mass is 10.0. The SMILES string of the molecule is Cn1cc(-c2nn(C)c(N)c2-c2ccccc2)cn1. The largest absolute Gasteiger partial charge is 0.383 e. The fourth-order valence-electron chi connectivity index (χ4n) is 2.17. The summed E-state index contributed by atoms with van der Waals surface area (Å²) in [6, 6.07) is 10.0. The van der Waals surface area contributed by atoms with E-state index in [9.17, 15) is 0 Å². The summed E-state index contributed by atoms with van der Waals surface area (Å²) < 4.78 is 3.46. The Morgan fingerprint density at radius 3 is 2.42 bits per heavy atom. The number of anilines is 1. The van der Waals surface area contributed by atoms with E-state index in [0.29, 0.717) is 5.82 Å². The number of aromatic nitrogens is 4. The molecule has 2 heterocycles. The van der Waals surface area contributed by atoms with Crippen LogP contribution in [-0.2, 0) is 14.1 Å². The summed E-state index contributed by atoms with van der Waals surface area (Å²) >= 11 is 0. The van der Waals surface area contributed by atoms with Crippen molar-refractivity contribution < 1.29 is 0 Å². The molecule has 5 nitrogen and oxygen atoms in total. The Morgan fingerprint density at radius 1 is 1.05 bits per heavy atom. The van der Waals surface area contributed by atoms with Crippen molar-refractivity contribution in [3.8, 4) is 22.4 Å². The summed E-state index contributed by atoms with van der Waals surface area (Å²) in [6.07, 6.45) is 3.74. The minimum absolute atomic E-state index is 0.657. The van der Waals surface area contributed by atoms with Crippen LogP contribution in [0.25, 0.3) is 22.4 Å². The molecule has 2 aromatic heterocycles. The molecule has 3 rings (SSSR count). The van der Waals surface area contributed by atoms with E-state index in [0.717, 1.165) is 22.4 Å². The second-order valence-electron chi connectivity index (χ2n) is 4.50. The first kappa shape index (κ1) is 11.5. The van der Waals surface area contributed by atoms with Crippen LogP contribution in [0.2, 0.25) is 0 Å². The number of benzene rings is 1. The van der Waals surface area contributed by atoms with Gasteiger partial charge in [-0.15, -0.1) is 0 Å². The van der Waals surface area contributed by atoms with Crippen molar-refractivity contribution in [1.82, 2.24) is 19.6 Å². The molecule has 0 aliphatic rings. The Morgan fingerprint density at radius 2 is 1.79 bits per heavy atom. The van der Waals surface area contributed by atoms with Crippen molar-refractivity contribution in [2.45, 2.75) is 0 Å². The molecule has 1 aromatic carbocycles. The van der Waals surface area contributed by atoms with E-state index in [1.54, 1.807) is 15.6 Å². The first-order chi connectivity index (χ1) is 9.16. The average Bonchev–Trinajstić information content (AvgIpc) is 2.96. The first-order valence-electron chi connectivity index (χ1n) is 6.03. The molecule has 0 aliphatic carbocycles. The average molecular weight is 253 g/mol. The topological polar surface area (TPSA) is 61.7 Å². The van der Waals surface area contributed by atoms with Gasteiger partial charge in [0.25, 0.3) is 0 Å². The van der Waals surface area contributed by atoms with Crippen LogP contribution >= 0.6 is 0 Å². The highest BCUT2D eigenvalue weighted by Crippen LogP contribution is 2.35. The Kier molecular flexibility index (Phi) is 2.59. The molecule has 0 amide bonds. The van der Waals surface area contributed by atoms with E-state index < -0.39 is 0 Å². The van der Waals surface area contributed by atoms with Gasteiger partial charge in [0.15, 0.2) is 0 Å². The molecule has 19 heavy (non-hydrogen) atoms. The zero-order valence-corrected chi connectivity index (χ0v) is 10.9. The molecule has 0 atom stereocenters. The summed E-state index contributed by atoms with van der Waals surface area (Å²) in [7, 11) is 3.74. The molecule has 0 radical (unpaired) electrons. The summed E-state index contributed by atoms with van der Waals surface area (Å²) in [5.41, 5.74) is 10.00. The number of nitrogens with two attached hydrogens (primary N) is 1. The van der Waals surface area contributed by atoms with Crippen molar-refractivity contribution in [2.24, 2.45) is 14.1 Å². The van der Waals surface area contributed by atoms with Crippen molar-refractivity contribution in [3.63, 3.8) is 0 Å². The van der Waals surface area contributed by atoms with Crippen LogP contribution in [0, 0.1) is 0 Å². The van der Waals surface area contributed by atoms with E-state index in [-0.39, 0.29) is 0 Å². The van der Waals surface area contributed by atoms with Gasteiger partial charge in [0.1, 0.15) is 11.5 Å². The van der Waals surface area contributed by atoms with Gasteiger partial charge in [-0.3, -0.25) is 9.36 Å². The minimum Gasteiger partial charge on any atom is -0.383 e. The lowest BCUT2D eigenvalue weighted by Crippen LogP contribution is -1.97. The maximum absolute atomic E-state index is 6.15. The van der Waals surface area contributed by atoms with E-state index in [1.807, 2.05) is 50.6 Å².